The van der Waals surface area contributed by atoms with Crippen LogP contribution in [0.25, 0.3) is 11.4 Å². The van der Waals surface area contributed by atoms with Crippen molar-refractivity contribution in [2.45, 2.75) is 26.2 Å². The quantitative estimate of drug-likeness (QED) is 0.914. The number of fused-ring (bicyclic) bond motifs is 1. The molecule has 0 bridgehead atoms. The zero-order valence-corrected chi connectivity index (χ0v) is 11.4. The van der Waals surface area contributed by atoms with Crippen molar-refractivity contribution < 1.29 is 9.90 Å². The maximum absolute atomic E-state index is 11.0. The molecule has 1 aliphatic rings. The predicted octanol–water partition coefficient (Wildman–Crippen LogP) is 2.70. The number of carbonyl (C=O) groups is 1. The standard InChI is InChI=1S/C14H14N2O2S/c1-8-6-19-7-11(8)13-15-5-10-4-9(14(17)18)2-3-12(10)16-13/h5-7,9H,2-4H2,1H3,(H,17,18). The van der Waals surface area contributed by atoms with Crippen molar-refractivity contribution in [3.8, 4) is 11.4 Å². The van der Waals surface area contributed by atoms with Gasteiger partial charge in [0.1, 0.15) is 0 Å². The lowest BCUT2D eigenvalue weighted by atomic mass is 9.87. The van der Waals surface area contributed by atoms with Gasteiger partial charge in [0.05, 0.1) is 5.92 Å². The highest BCUT2D eigenvalue weighted by molar-refractivity contribution is 7.08. The van der Waals surface area contributed by atoms with E-state index in [1.54, 1.807) is 17.5 Å². The van der Waals surface area contributed by atoms with Crippen LogP contribution in [0, 0.1) is 12.8 Å². The third-order valence-electron chi connectivity index (χ3n) is 3.60. The van der Waals surface area contributed by atoms with Gasteiger partial charge >= 0.3 is 5.97 Å². The number of carboxylic acids is 1. The third-order valence-corrected chi connectivity index (χ3v) is 4.46. The van der Waals surface area contributed by atoms with Gasteiger partial charge in [-0.15, -0.1) is 0 Å². The Bertz CT molecular complexity index is 636. The molecule has 3 rings (SSSR count). The summed E-state index contributed by atoms with van der Waals surface area (Å²) in [4.78, 5) is 20.0. The molecule has 5 heteroatoms. The number of hydrogen-bond acceptors (Lipinski definition) is 4. The van der Waals surface area contributed by atoms with Gasteiger partial charge in [0.25, 0.3) is 0 Å². The first kappa shape index (κ1) is 12.3. The summed E-state index contributed by atoms with van der Waals surface area (Å²) in [5.74, 6) is -0.250. The van der Waals surface area contributed by atoms with Gasteiger partial charge in [-0.1, -0.05) is 0 Å². The number of nitrogens with zero attached hydrogens (tertiary/aromatic N) is 2. The Kier molecular flexibility index (Phi) is 3.06. The summed E-state index contributed by atoms with van der Waals surface area (Å²) < 4.78 is 0. The highest BCUT2D eigenvalue weighted by atomic mass is 32.1. The fourth-order valence-electron chi connectivity index (χ4n) is 2.44. The lowest BCUT2D eigenvalue weighted by Crippen LogP contribution is -2.23. The lowest BCUT2D eigenvalue weighted by molar-refractivity contribution is -0.142. The molecule has 0 saturated heterocycles. The minimum Gasteiger partial charge on any atom is -0.481 e. The van der Waals surface area contributed by atoms with E-state index in [2.05, 4.69) is 27.7 Å². The summed E-state index contributed by atoms with van der Waals surface area (Å²) in [6.07, 6.45) is 3.74. The Morgan fingerprint density at radius 1 is 1.47 bits per heavy atom. The highest BCUT2D eigenvalue weighted by Gasteiger charge is 2.25. The normalized spacial score (nSPS) is 18.1. The van der Waals surface area contributed by atoms with Crippen molar-refractivity contribution in [3.63, 3.8) is 0 Å². The number of rotatable bonds is 2. The average molecular weight is 274 g/mol. The smallest absolute Gasteiger partial charge is 0.306 e. The molecule has 0 saturated carbocycles. The summed E-state index contributed by atoms with van der Waals surface area (Å²) in [6, 6.07) is 0. The Labute approximate surface area is 115 Å². The van der Waals surface area contributed by atoms with Gasteiger partial charge in [-0.2, -0.15) is 11.3 Å². The molecular formula is C14H14N2O2S. The molecule has 2 heterocycles. The SMILES string of the molecule is Cc1cscc1-c1ncc2c(n1)CCC(C(=O)O)C2. The van der Waals surface area contributed by atoms with E-state index in [0.717, 1.165) is 29.1 Å². The zero-order chi connectivity index (χ0) is 13.4. The Hall–Kier alpha value is -1.75. The Morgan fingerprint density at radius 2 is 2.32 bits per heavy atom. The molecule has 1 aliphatic carbocycles. The maximum atomic E-state index is 11.0. The van der Waals surface area contributed by atoms with Gasteiger partial charge in [-0.05, 0) is 42.7 Å². The van der Waals surface area contributed by atoms with Crippen molar-refractivity contribution in [3.05, 3.63) is 33.8 Å². The van der Waals surface area contributed by atoms with Crippen LogP contribution in [0.3, 0.4) is 0 Å². The predicted molar refractivity (Wildman–Crippen MR) is 73.2 cm³/mol. The molecule has 4 nitrogen and oxygen atoms in total. The fourth-order valence-corrected chi connectivity index (χ4v) is 3.26. The van der Waals surface area contributed by atoms with Gasteiger partial charge in [0.2, 0.25) is 0 Å². The second-order valence-corrected chi connectivity index (χ2v) is 5.66. The van der Waals surface area contributed by atoms with E-state index in [1.165, 1.54) is 5.56 Å². The van der Waals surface area contributed by atoms with E-state index >= 15 is 0 Å². The first-order valence-corrected chi connectivity index (χ1v) is 7.20. The number of carboxylic acid groups (broad SMARTS) is 1. The van der Waals surface area contributed by atoms with Gasteiger partial charge in [0.15, 0.2) is 5.82 Å². The van der Waals surface area contributed by atoms with Gasteiger partial charge < -0.3 is 5.11 Å². The van der Waals surface area contributed by atoms with E-state index < -0.39 is 5.97 Å². The molecule has 0 aliphatic heterocycles. The van der Waals surface area contributed by atoms with E-state index in [1.807, 2.05) is 0 Å². The van der Waals surface area contributed by atoms with Crippen molar-refractivity contribution in [2.75, 3.05) is 0 Å². The largest absolute Gasteiger partial charge is 0.481 e. The molecule has 0 fully saturated rings. The molecular weight excluding hydrogens is 260 g/mol. The van der Waals surface area contributed by atoms with Crippen LogP contribution in [0.1, 0.15) is 23.2 Å². The van der Waals surface area contributed by atoms with Crippen molar-refractivity contribution >= 4 is 17.3 Å². The second-order valence-electron chi connectivity index (χ2n) is 4.91. The molecule has 1 unspecified atom stereocenters. The van der Waals surface area contributed by atoms with Gasteiger partial charge in [-0.25, -0.2) is 9.97 Å². The summed E-state index contributed by atoms with van der Waals surface area (Å²) in [6.45, 7) is 2.05. The van der Waals surface area contributed by atoms with Crippen molar-refractivity contribution in [2.24, 2.45) is 5.92 Å². The maximum Gasteiger partial charge on any atom is 0.306 e. The number of hydrogen-bond donors (Lipinski definition) is 1. The number of thiophene rings is 1. The molecule has 2 aromatic rings. The molecule has 0 spiro atoms. The van der Waals surface area contributed by atoms with Crippen molar-refractivity contribution in [1.29, 1.82) is 0 Å². The van der Waals surface area contributed by atoms with E-state index in [0.29, 0.717) is 12.8 Å². The molecule has 0 aromatic carbocycles. The van der Waals surface area contributed by atoms with Gasteiger partial charge in [0, 0.05) is 22.8 Å². The van der Waals surface area contributed by atoms with E-state index in [9.17, 15) is 4.79 Å². The third kappa shape index (κ3) is 2.26. The van der Waals surface area contributed by atoms with Crippen LogP contribution in [0.5, 0.6) is 0 Å². The van der Waals surface area contributed by atoms with Crippen LogP contribution >= 0.6 is 11.3 Å². The molecule has 0 radical (unpaired) electrons. The summed E-state index contributed by atoms with van der Waals surface area (Å²) >= 11 is 1.65. The van der Waals surface area contributed by atoms with Crippen LogP contribution < -0.4 is 0 Å². The molecule has 1 N–H and O–H groups in total. The van der Waals surface area contributed by atoms with Crippen LogP contribution in [-0.2, 0) is 17.6 Å². The summed E-state index contributed by atoms with van der Waals surface area (Å²) in [5.41, 5.74) is 4.25. The monoisotopic (exact) mass is 274 g/mol. The van der Waals surface area contributed by atoms with Crippen LogP contribution in [-0.4, -0.2) is 21.0 Å². The number of aromatic nitrogens is 2. The van der Waals surface area contributed by atoms with Crippen LogP contribution in [0.4, 0.5) is 0 Å². The lowest BCUT2D eigenvalue weighted by Gasteiger charge is -2.20. The number of aryl methyl sites for hydroxylation is 2. The Balaban J connectivity index is 1.94. The number of aliphatic carboxylic acids is 1. The summed E-state index contributed by atoms with van der Waals surface area (Å²) in [7, 11) is 0. The Morgan fingerprint density at radius 3 is 3.00 bits per heavy atom. The minimum atomic E-state index is -0.719. The second kappa shape index (κ2) is 4.74. The average Bonchev–Trinajstić information content (AvgIpc) is 2.83. The zero-order valence-electron chi connectivity index (χ0n) is 10.6. The van der Waals surface area contributed by atoms with E-state index in [-0.39, 0.29) is 5.92 Å². The minimum absolute atomic E-state index is 0.287. The first-order chi connectivity index (χ1) is 9.15. The van der Waals surface area contributed by atoms with Gasteiger partial charge in [-0.3, -0.25) is 4.79 Å². The highest BCUT2D eigenvalue weighted by Crippen LogP contribution is 2.28. The molecule has 19 heavy (non-hydrogen) atoms. The fraction of sp³-hybridized carbons (Fsp3) is 0.357. The molecule has 2 aromatic heterocycles. The molecule has 0 amide bonds. The molecule has 1 atom stereocenters. The van der Waals surface area contributed by atoms with E-state index in [4.69, 9.17) is 5.11 Å². The van der Waals surface area contributed by atoms with Crippen LogP contribution in [0.15, 0.2) is 17.0 Å². The topological polar surface area (TPSA) is 63.1 Å². The van der Waals surface area contributed by atoms with Crippen LogP contribution in [0.2, 0.25) is 0 Å². The first-order valence-electron chi connectivity index (χ1n) is 6.26. The summed E-state index contributed by atoms with van der Waals surface area (Å²) in [5, 5.41) is 13.2. The molecule has 98 valence electrons. The van der Waals surface area contributed by atoms with Crippen molar-refractivity contribution in [1.82, 2.24) is 9.97 Å².